The molecule has 4 heterocycles. The summed E-state index contributed by atoms with van der Waals surface area (Å²) in [6, 6.07) is 11.5. The van der Waals surface area contributed by atoms with E-state index >= 15 is 4.39 Å². The van der Waals surface area contributed by atoms with Crippen LogP contribution < -0.4 is 9.80 Å². The van der Waals surface area contributed by atoms with Gasteiger partial charge in [0.05, 0.1) is 30.1 Å². The second-order valence-electron chi connectivity index (χ2n) is 12.3. The highest BCUT2D eigenvalue weighted by atomic mass is 32.1. The van der Waals surface area contributed by atoms with E-state index < -0.39 is 18.0 Å². The quantitative estimate of drug-likeness (QED) is 0.321. The van der Waals surface area contributed by atoms with Gasteiger partial charge in [-0.1, -0.05) is 11.3 Å². The van der Waals surface area contributed by atoms with Crippen LogP contribution in [0.1, 0.15) is 35.6 Å². The van der Waals surface area contributed by atoms with Gasteiger partial charge in [-0.3, -0.25) is 9.69 Å². The molecule has 2 aromatic carbocycles. The SMILES string of the molecule is C[C@@H]1CN(c2cc(F)c3nc4c(c(N(C)c5nc(-c6ccc(F)cc6)c(C#N)s5)c3c2)CCC4O)CCN1CC(=O)N1CC(O)C1. The molecule has 238 valence electrons. The number of aliphatic hydroxyl groups is 2. The van der Waals surface area contributed by atoms with Crippen molar-refractivity contribution in [1.29, 1.82) is 5.26 Å². The topological polar surface area (TPSA) is 120 Å². The molecular formula is C33H33F2N7O3S. The van der Waals surface area contributed by atoms with Crippen LogP contribution in [0.4, 0.5) is 25.3 Å². The summed E-state index contributed by atoms with van der Waals surface area (Å²) in [4.78, 5) is 30.1. The molecular weight excluding hydrogens is 612 g/mol. The lowest BCUT2D eigenvalue weighted by Gasteiger charge is -2.43. The third-order valence-corrected chi connectivity index (χ3v) is 10.3. The van der Waals surface area contributed by atoms with E-state index in [9.17, 15) is 24.7 Å². The van der Waals surface area contributed by atoms with E-state index in [1.165, 1.54) is 29.5 Å². The van der Waals surface area contributed by atoms with Crippen LogP contribution in [0.25, 0.3) is 22.2 Å². The number of nitriles is 1. The second-order valence-corrected chi connectivity index (χ2v) is 13.2. The number of piperazine rings is 1. The summed E-state index contributed by atoms with van der Waals surface area (Å²) in [7, 11) is 1.81. The highest BCUT2D eigenvalue weighted by molar-refractivity contribution is 7.16. The Labute approximate surface area is 268 Å². The second kappa shape index (κ2) is 11.9. The number of anilines is 3. The van der Waals surface area contributed by atoms with Gasteiger partial charge in [-0.05, 0) is 56.2 Å². The number of nitrogens with zero attached hydrogens (tertiary/aromatic N) is 7. The first kappa shape index (κ1) is 30.4. The van der Waals surface area contributed by atoms with E-state index in [-0.39, 0.29) is 29.8 Å². The average molecular weight is 646 g/mol. The third kappa shape index (κ3) is 5.35. The van der Waals surface area contributed by atoms with Gasteiger partial charge in [-0.15, -0.1) is 0 Å². The Morgan fingerprint density at radius 2 is 1.89 bits per heavy atom. The number of halogens is 2. The summed E-state index contributed by atoms with van der Waals surface area (Å²) >= 11 is 1.19. The van der Waals surface area contributed by atoms with E-state index in [0.29, 0.717) is 89.3 Å². The van der Waals surface area contributed by atoms with E-state index in [1.54, 1.807) is 17.0 Å². The molecule has 1 aliphatic carbocycles. The van der Waals surface area contributed by atoms with Crippen molar-refractivity contribution >= 4 is 44.7 Å². The van der Waals surface area contributed by atoms with Crippen LogP contribution in [-0.4, -0.2) is 94.4 Å². The van der Waals surface area contributed by atoms with Crippen molar-refractivity contribution in [1.82, 2.24) is 19.8 Å². The maximum Gasteiger partial charge on any atom is 0.236 e. The predicted octanol–water partition coefficient (Wildman–Crippen LogP) is 3.97. The summed E-state index contributed by atoms with van der Waals surface area (Å²) in [5.74, 6) is -0.891. The molecule has 3 aliphatic rings. The average Bonchev–Trinajstić information content (AvgIpc) is 3.63. The van der Waals surface area contributed by atoms with Crippen LogP contribution in [-0.2, 0) is 11.2 Å². The van der Waals surface area contributed by atoms with Crippen molar-refractivity contribution in [2.24, 2.45) is 0 Å². The zero-order valence-corrected chi connectivity index (χ0v) is 26.3. The number of rotatable bonds is 6. The van der Waals surface area contributed by atoms with Crippen LogP contribution in [0.3, 0.4) is 0 Å². The number of likely N-dealkylation sites (tertiary alicyclic amines) is 1. The van der Waals surface area contributed by atoms with Crippen molar-refractivity contribution in [3.05, 3.63) is 64.2 Å². The first-order valence-electron chi connectivity index (χ1n) is 15.3. The fourth-order valence-corrected chi connectivity index (χ4v) is 7.53. The van der Waals surface area contributed by atoms with Gasteiger partial charge in [0.1, 0.15) is 28.0 Å². The number of carbonyl (C=O) groups excluding carboxylic acids is 1. The van der Waals surface area contributed by atoms with Gasteiger partial charge in [-0.2, -0.15) is 5.26 Å². The minimum Gasteiger partial charge on any atom is -0.389 e. The number of pyridine rings is 1. The largest absolute Gasteiger partial charge is 0.389 e. The molecule has 2 aliphatic heterocycles. The summed E-state index contributed by atoms with van der Waals surface area (Å²) in [6.07, 6.45) is -0.248. The zero-order valence-electron chi connectivity index (χ0n) is 25.5. The molecule has 2 atom stereocenters. The number of hydrogen-bond donors (Lipinski definition) is 2. The van der Waals surface area contributed by atoms with Crippen molar-refractivity contribution in [3.8, 4) is 17.3 Å². The molecule has 2 fully saturated rings. The summed E-state index contributed by atoms with van der Waals surface area (Å²) in [5, 5.41) is 31.3. The van der Waals surface area contributed by atoms with Gasteiger partial charge in [0.25, 0.3) is 0 Å². The standard InChI is InChI=1S/C33H33F2N7O3S/c1-18-14-41(10-9-40(18)17-28(45)42-15-22(43)16-42)21-11-24-30(25(35)12-21)37-31-23(7-8-26(31)44)32(24)39(2)33-38-29(27(13-36)46-33)19-3-5-20(34)6-4-19/h3-6,11-12,18,22,26,43-44H,7-10,14-17H2,1-2H3/t18-,26?/m1/s1. The van der Waals surface area contributed by atoms with Crippen LogP contribution in [0.5, 0.6) is 0 Å². The Morgan fingerprint density at radius 1 is 1.13 bits per heavy atom. The zero-order chi connectivity index (χ0) is 32.3. The Hall–Kier alpha value is -4.22. The molecule has 1 amide bonds. The molecule has 2 aromatic heterocycles. The maximum absolute atomic E-state index is 16.0. The highest BCUT2D eigenvalue weighted by Crippen LogP contribution is 2.45. The van der Waals surface area contributed by atoms with Crippen LogP contribution in [0.15, 0.2) is 36.4 Å². The molecule has 13 heteroatoms. The lowest BCUT2D eigenvalue weighted by atomic mass is 10.0. The molecule has 0 bridgehead atoms. The Balaban J connectivity index is 1.24. The molecule has 0 saturated carbocycles. The van der Waals surface area contributed by atoms with Crippen molar-refractivity contribution in [2.45, 2.75) is 38.0 Å². The first-order valence-corrected chi connectivity index (χ1v) is 16.1. The van der Waals surface area contributed by atoms with Gasteiger partial charge in [0.15, 0.2) is 10.9 Å². The molecule has 0 spiro atoms. The maximum atomic E-state index is 16.0. The minimum absolute atomic E-state index is 0.00136. The van der Waals surface area contributed by atoms with Gasteiger partial charge >= 0.3 is 0 Å². The molecule has 0 radical (unpaired) electrons. The summed E-state index contributed by atoms with van der Waals surface area (Å²) < 4.78 is 29.6. The number of aromatic nitrogens is 2. The van der Waals surface area contributed by atoms with E-state index in [4.69, 9.17) is 4.98 Å². The molecule has 4 aromatic rings. The van der Waals surface area contributed by atoms with Crippen LogP contribution >= 0.6 is 11.3 Å². The number of thiazole rings is 1. The number of amides is 1. The minimum atomic E-state index is -0.817. The highest BCUT2D eigenvalue weighted by Gasteiger charge is 2.34. The Kier molecular flexibility index (Phi) is 7.84. The van der Waals surface area contributed by atoms with Crippen molar-refractivity contribution < 1.29 is 23.8 Å². The number of fused-ring (bicyclic) bond motifs is 2. The normalized spacial score (nSPS) is 20.1. The number of benzene rings is 2. The van der Waals surface area contributed by atoms with E-state index in [1.807, 2.05) is 24.9 Å². The van der Waals surface area contributed by atoms with E-state index in [0.717, 1.165) is 5.56 Å². The molecule has 2 N–H and O–H groups in total. The monoisotopic (exact) mass is 645 g/mol. The fraction of sp³-hybridized carbons (Fsp3) is 0.394. The van der Waals surface area contributed by atoms with Crippen LogP contribution in [0.2, 0.25) is 0 Å². The molecule has 10 nitrogen and oxygen atoms in total. The number of hydrogen-bond acceptors (Lipinski definition) is 10. The van der Waals surface area contributed by atoms with E-state index in [2.05, 4.69) is 20.9 Å². The lowest BCUT2D eigenvalue weighted by Crippen LogP contribution is -2.59. The van der Waals surface area contributed by atoms with Crippen LogP contribution in [0, 0.1) is 23.0 Å². The molecule has 1 unspecified atom stereocenters. The van der Waals surface area contributed by atoms with Crippen molar-refractivity contribution in [3.63, 3.8) is 0 Å². The number of β-amino-alcohol motifs (C(OH)–C–C–N with tert-alkyl or cyclic N) is 1. The summed E-state index contributed by atoms with van der Waals surface area (Å²) in [6.45, 7) is 4.87. The molecule has 7 rings (SSSR count). The van der Waals surface area contributed by atoms with Gasteiger partial charge < -0.3 is 24.9 Å². The summed E-state index contributed by atoms with van der Waals surface area (Å²) in [5.41, 5.74) is 3.81. The van der Waals surface area contributed by atoms with Crippen molar-refractivity contribution in [2.75, 3.05) is 56.1 Å². The van der Waals surface area contributed by atoms with Gasteiger partial charge in [-0.25, -0.2) is 18.7 Å². The molecule has 2 saturated heterocycles. The Bertz CT molecular complexity index is 1870. The number of aliphatic hydroxyl groups excluding tert-OH is 2. The van der Waals surface area contributed by atoms with Gasteiger partial charge in [0.2, 0.25) is 5.91 Å². The lowest BCUT2D eigenvalue weighted by molar-refractivity contribution is -0.143. The third-order valence-electron chi connectivity index (χ3n) is 9.25. The van der Waals surface area contributed by atoms with Gasteiger partial charge in [0, 0.05) is 68.0 Å². The predicted molar refractivity (Wildman–Crippen MR) is 171 cm³/mol. The smallest absolute Gasteiger partial charge is 0.236 e. The first-order chi connectivity index (χ1) is 22.1. The number of carbonyl (C=O) groups is 1. The fourth-order valence-electron chi connectivity index (χ4n) is 6.68. The Morgan fingerprint density at radius 3 is 2.59 bits per heavy atom. The molecule has 46 heavy (non-hydrogen) atoms.